The fourth-order valence-electron chi connectivity index (χ4n) is 4.14. The van der Waals surface area contributed by atoms with E-state index in [0.717, 1.165) is 44.2 Å². The van der Waals surface area contributed by atoms with Crippen molar-refractivity contribution in [2.45, 2.75) is 50.0 Å². The van der Waals surface area contributed by atoms with Gasteiger partial charge in [-0.3, -0.25) is 4.79 Å². The fourth-order valence-corrected chi connectivity index (χ4v) is 4.14. The van der Waals surface area contributed by atoms with E-state index in [-0.39, 0.29) is 23.1 Å². The number of nitrogens with one attached hydrogen (secondary N) is 1. The molecule has 2 aromatic rings. The van der Waals surface area contributed by atoms with Gasteiger partial charge in [-0.05, 0) is 53.8 Å². The summed E-state index contributed by atoms with van der Waals surface area (Å²) >= 11 is 0. The summed E-state index contributed by atoms with van der Waals surface area (Å²) in [5.41, 5.74) is 0.601. The molecular formula is C19H24FN5O2. The summed E-state index contributed by atoms with van der Waals surface area (Å²) in [6.45, 7) is 2.41. The largest absolute Gasteiger partial charge is 0.381 e. The number of aromatic nitrogens is 4. The van der Waals surface area contributed by atoms with Crippen molar-refractivity contribution in [3.8, 4) is 0 Å². The van der Waals surface area contributed by atoms with Gasteiger partial charge in [0.1, 0.15) is 5.82 Å². The number of rotatable bonds is 4. The molecule has 1 aromatic heterocycles. The van der Waals surface area contributed by atoms with Gasteiger partial charge in [0.15, 0.2) is 5.82 Å². The first kappa shape index (κ1) is 18.0. The Morgan fingerprint density at radius 2 is 2.19 bits per heavy atom. The Balaban J connectivity index is 1.52. The lowest BCUT2D eigenvalue weighted by atomic mass is 9.74. The zero-order valence-electron chi connectivity index (χ0n) is 15.2. The summed E-state index contributed by atoms with van der Waals surface area (Å²) in [5, 5.41) is 14.9. The van der Waals surface area contributed by atoms with Crippen molar-refractivity contribution in [3.05, 3.63) is 41.5 Å². The van der Waals surface area contributed by atoms with Crippen molar-refractivity contribution >= 4 is 5.91 Å². The summed E-state index contributed by atoms with van der Waals surface area (Å²) in [4.78, 5) is 13.0. The Bertz CT molecular complexity index is 803. The number of ether oxygens (including phenoxy) is 1. The summed E-state index contributed by atoms with van der Waals surface area (Å²) < 4.78 is 21.1. The van der Waals surface area contributed by atoms with Crippen LogP contribution in [-0.2, 0) is 21.5 Å². The van der Waals surface area contributed by atoms with E-state index in [9.17, 15) is 9.18 Å². The number of hydrogen-bond donors (Lipinski definition) is 1. The number of nitrogens with zero attached hydrogens (tertiary/aromatic N) is 4. The molecule has 3 heterocycles. The standard InChI is InChI=1S/C19H24FN5O2/c20-15-5-3-4-14(12-15)19(7-10-27-11-8-19)13-21-18(26)16-6-1-2-9-25-17(16)22-23-24-25/h3-5,12,16H,1-2,6-11,13H2,(H,21,26). The number of carbonyl (C=O) groups is 1. The molecule has 1 atom stereocenters. The van der Waals surface area contributed by atoms with Crippen LogP contribution in [0.4, 0.5) is 4.39 Å². The van der Waals surface area contributed by atoms with Crippen molar-refractivity contribution < 1.29 is 13.9 Å². The Morgan fingerprint density at radius 1 is 1.33 bits per heavy atom. The highest BCUT2D eigenvalue weighted by Crippen LogP contribution is 2.35. The van der Waals surface area contributed by atoms with Crippen molar-refractivity contribution in [2.24, 2.45) is 0 Å². The molecule has 1 amide bonds. The van der Waals surface area contributed by atoms with E-state index in [0.29, 0.717) is 25.6 Å². The third-order valence-electron chi connectivity index (χ3n) is 5.79. The molecule has 2 aliphatic rings. The molecule has 1 aromatic carbocycles. The number of carbonyl (C=O) groups excluding carboxylic acids is 1. The molecule has 1 saturated heterocycles. The second-order valence-corrected chi connectivity index (χ2v) is 7.43. The van der Waals surface area contributed by atoms with E-state index >= 15 is 0 Å². The zero-order valence-corrected chi connectivity index (χ0v) is 15.2. The van der Waals surface area contributed by atoms with Gasteiger partial charge >= 0.3 is 0 Å². The lowest BCUT2D eigenvalue weighted by Gasteiger charge is -2.38. The van der Waals surface area contributed by atoms with Crippen LogP contribution in [0, 0.1) is 5.82 Å². The fraction of sp³-hybridized carbons (Fsp3) is 0.579. The van der Waals surface area contributed by atoms with Crippen LogP contribution in [0.25, 0.3) is 0 Å². The van der Waals surface area contributed by atoms with Crippen LogP contribution in [-0.4, -0.2) is 45.9 Å². The normalized spacial score (nSPS) is 21.9. The molecule has 1 fully saturated rings. The number of benzene rings is 1. The highest BCUT2D eigenvalue weighted by atomic mass is 19.1. The van der Waals surface area contributed by atoms with Gasteiger partial charge in [0.2, 0.25) is 5.91 Å². The number of halogens is 1. The third-order valence-corrected chi connectivity index (χ3v) is 5.79. The van der Waals surface area contributed by atoms with Crippen LogP contribution >= 0.6 is 0 Å². The van der Waals surface area contributed by atoms with Gasteiger partial charge in [-0.2, -0.15) is 0 Å². The minimum Gasteiger partial charge on any atom is -0.381 e. The van der Waals surface area contributed by atoms with Crippen LogP contribution in [0.1, 0.15) is 49.4 Å². The highest BCUT2D eigenvalue weighted by Gasteiger charge is 2.36. The first-order valence-corrected chi connectivity index (χ1v) is 9.56. The second-order valence-electron chi connectivity index (χ2n) is 7.43. The van der Waals surface area contributed by atoms with Gasteiger partial charge in [-0.15, -0.1) is 5.10 Å². The Kier molecular flexibility index (Phi) is 5.15. The van der Waals surface area contributed by atoms with Gasteiger partial charge in [0.25, 0.3) is 0 Å². The monoisotopic (exact) mass is 373 g/mol. The molecule has 27 heavy (non-hydrogen) atoms. The van der Waals surface area contributed by atoms with Gasteiger partial charge in [-0.1, -0.05) is 18.6 Å². The van der Waals surface area contributed by atoms with Gasteiger partial charge < -0.3 is 10.1 Å². The van der Waals surface area contributed by atoms with E-state index in [1.54, 1.807) is 16.8 Å². The first-order chi connectivity index (χ1) is 13.2. The van der Waals surface area contributed by atoms with Crippen LogP contribution in [0.3, 0.4) is 0 Å². The third kappa shape index (κ3) is 3.71. The minimum atomic E-state index is -0.341. The predicted octanol–water partition coefficient (Wildman–Crippen LogP) is 1.94. The van der Waals surface area contributed by atoms with Crippen molar-refractivity contribution in [3.63, 3.8) is 0 Å². The predicted molar refractivity (Wildman–Crippen MR) is 95.5 cm³/mol. The molecule has 0 spiro atoms. The molecule has 0 bridgehead atoms. The molecule has 4 rings (SSSR count). The van der Waals surface area contributed by atoms with E-state index in [1.807, 2.05) is 6.07 Å². The number of amides is 1. The lowest BCUT2D eigenvalue weighted by molar-refractivity contribution is -0.123. The van der Waals surface area contributed by atoms with Gasteiger partial charge in [0, 0.05) is 31.7 Å². The molecule has 0 saturated carbocycles. The minimum absolute atomic E-state index is 0.0600. The average Bonchev–Trinajstić information content (AvgIpc) is 3.06. The van der Waals surface area contributed by atoms with E-state index in [4.69, 9.17) is 4.74 Å². The van der Waals surface area contributed by atoms with Crippen LogP contribution in [0.15, 0.2) is 24.3 Å². The number of fused-ring (bicyclic) bond motifs is 1. The summed E-state index contributed by atoms with van der Waals surface area (Å²) in [7, 11) is 0. The Labute approximate surface area is 157 Å². The lowest BCUT2D eigenvalue weighted by Crippen LogP contribution is -2.46. The second kappa shape index (κ2) is 7.72. The molecule has 0 radical (unpaired) electrons. The van der Waals surface area contributed by atoms with E-state index in [2.05, 4.69) is 20.8 Å². The van der Waals surface area contributed by atoms with E-state index < -0.39 is 0 Å². The maximum atomic E-state index is 13.8. The van der Waals surface area contributed by atoms with Gasteiger partial charge in [-0.25, -0.2) is 9.07 Å². The number of tetrazole rings is 1. The molecule has 7 nitrogen and oxygen atoms in total. The Morgan fingerprint density at radius 3 is 3.00 bits per heavy atom. The van der Waals surface area contributed by atoms with Crippen LogP contribution in [0.5, 0.6) is 0 Å². The number of hydrogen-bond acceptors (Lipinski definition) is 5. The molecular weight excluding hydrogens is 349 g/mol. The molecule has 2 aliphatic heterocycles. The maximum absolute atomic E-state index is 13.8. The molecule has 8 heteroatoms. The highest BCUT2D eigenvalue weighted by molar-refractivity contribution is 5.82. The molecule has 0 aliphatic carbocycles. The SMILES string of the molecule is O=C(NCC1(c2cccc(F)c2)CCOCC1)C1CCCCn2nnnc21. The van der Waals surface area contributed by atoms with Gasteiger partial charge in [0.05, 0.1) is 5.92 Å². The van der Waals surface area contributed by atoms with Crippen LogP contribution < -0.4 is 5.32 Å². The van der Waals surface area contributed by atoms with Crippen LogP contribution in [0.2, 0.25) is 0 Å². The summed E-state index contributed by atoms with van der Waals surface area (Å²) in [6, 6.07) is 6.68. The van der Waals surface area contributed by atoms with Crippen molar-refractivity contribution in [1.29, 1.82) is 0 Å². The first-order valence-electron chi connectivity index (χ1n) is 9.56. The smallest absolute Gasteiger partial charge is 0.230 e. The quantitative estimate of drug-likeness (QED) is 0.886. The molecule has 144 valence electrons. The summed E-state index contributed by atoms with van der Waals surface area (Å²) in [6.07, 6.45) is 4.15. The average molecular weight is 373 g/mol. The Hall–Kier alpha value is -2.35. The van der Waals surface area contributed by atoms with E-state index in [1.165, 1.54) is 6.07 Å². The topological polar surface area (TPSA) is 81.9 Å². The van der Waals surface area contributed by atoms with Crippen molar-refractivity contribution in [2.75, 3.05) is 19.8 Å². The zero-order chi connectivity index (χ0) is 18.7. The number of aryl methyl sites for hydroxylation is 1. The van der Waals surface area contributed by atoms with Crippen molar-refractivity contribution in [1.82, 2.24) is 25.5 Å². The maximum Gasteiger partial charge on any atom is 0.230 e. The molecule has 1 N–H and O–H groups in total. The molecule has 1 unspecified atom stereocenters. The summed E-state index contributed by atoms with van der Waals surface area (Å²) in [5.74, 6) is -0.0217.